The van der Waals surface area contributed by atoms with Crippen LogP contribution in [0.15, 0.2) is 0 Å². The number of nitro groups is 1. The topological polar surface area (TPSA) is 43.1 Å². The summed E-state index contributed by atoms with van der Waals surface area (Å²) in [6.45, 7) is 4.07. The highest BCUT2D eigenvalue weighted by molar-refractivity contribution is 9.10. The molecule has 3 nitrogen and oxygen atoms in total. The lowest BCUT2D eigenvalue weighted by atomic mass is 10.0. The highest BCUT2D eigenvalue weighted by Crippen LogP contribution is 2.30. The van der Waals surface area contributed by atoms with Crippen molar-refractivity contribution in [2.45, 2.75) is 56.8 Å². The van der Waals surface area contributed by atoms with Crippen LogP contribution in [0.1, 0.15) is 52.4 Å². The summed E-state index contributed by atoms with van der Waals surface area (Å²) in [7, 11) is 0. The Balaban J connectivity index is 4.00. The van der Waals surface area contributed by atoms with Crippen LogP contribution in [0.4, 0.5) is 0 Å². The third kappa shape index (κ3) is 4.60. The molecule has 0 fully saturated rings. The second kappa shape index (κ2) is 6.35. The summed E-state index contributed by atoms with van der Waals surface area (Å²) in [5.41, 5.74) is 0. The van der Waals surface area contributed by atoms with E-state index in [1.807, 2.05) is 6.92 Å². The lowest BCUT2D eigenvalue weighted by molar-refractivity contribution is -0.537. The van der Waals surface area contributed by atoms with Gasteiger partial charge in [-0.3, -0.25) is 10.1 Å². The van der Waals surface area contributed by atoms with Crippen molar-refractivity contribution in [2.24, 2.45) is 0 Å². The molecule has 1 unspecified atom stereocenters. The van der Waals surface area contributed by atoms with Crippen LogP contribution in [0.5, 0.6) is 0 Å². The van der Waals surface area contributed by atoms with E-state index in [0.717, 1.165) is 25.7 Å². The molecule has 0 saturated carbocycles. The largest absolute Gasteiger partial charge is 0.274 e. The van der Waals surface area contributed by atoms with Gasteiger partial charge in [0.05, 0.1) is 0 Å². The van der Waals surface area contributed by atoms with E-state index in [1.54, 1.807) is 0 Å². The third-order valence-electron chi connectivity index (χ3n) is 2.12. The van der Waals surface area contributed by atoms with E-state index >= 15 is 0 Å². The maximum atomic E-state index is 10.8. The average molecular weight is 252 g/mol. The van der Waals surface area contributed by atoms with Crippen LogP contribution in [-0.2, 0) is 0 Å². The number of hydrogen-bond donors (Lipinski definition) is 0. The average Bonchev–Trinajstić information content (AvgIpc) is 2.05. The van der Waals surface area contributed by atoms with Crippen molar-refractivity contribution in [3.8, 4) is 0 Å². The van der Waals surface area contributed by atoms with E-state index in [-0.39, 0.29) is 4.92 Å². The summed E-state index contributed by atoms with van der Waals surface area (Å²) in [5, 5.41) is 10.8. The molecule has 0 aromatic carbocycles. The molecule has 1 atom stereocenters. The van der Waals surface area contributed by atoms with Gasteiger partial charge >= 0.3 is 0 Å². The highest BCUT2D eigenvalue weighted by Gasteiger charge is 2.37. The first-order valence-electron chi connectivity index (χ1n) is 4.90. The number of halogens is 1. The Morgan fingerprint density at radius 2 is 1.85 bits per heavy atom. The van der Waals surface area contributed by atoms with Gasteiger partial charge in [0, 0.05) is 33.7 Å². The van der Waals surface area contributed by atoms with Crippen LogP contribution < -0.4 is 0 Å². The molecule has 0 spiro atoms. The van der Waals surface area contributed by atoms with Crippen LogP contribution in [0.2, 0.25) is 0 Å². The molecule has 4 heteroatoms. The first-order valence-corrected chi connectivity index (χ1v) is 5.69. The van der Waals surface area contributed by atoms with Crippen LogP contribution in [0.25, 0.3) is 0 Å². The molecule has 0 saturated heterocycles. The molecule has 0 N–H and O–H groups in total. The fraction of sp³-hybridized carbons (Fsp3) is 1.00. The molecule has 0 heterocycles. The second-order valence-electron chi connectivity index (χ2n) is 3.38. The number of unbranched alkanes of at least 4 members (excludes halogenated alkanes) is 2. The van der Waals surface area contributed by atoms with E-state index in [4.69, 9.17) is 0 Å². The van der Waals surface area contributed by atoms with Gasteiger partial charge in [0.1, 0.15) is 0 Å². The van der Waals surface area contributed by atoms with E-state index < -0.39 is 4.45 Å². The fourth-order valence-electron chi connectivity index (χ4n) is 1.34. The second-order valence-corrected chi connectivity index (χ2v) is 4.86. The van der Waals surface area contributed by atoms with Crippen molar-refractivity contribution in [1.29, 1.82) is 0 Å². The lowest BCUT2D eigenvalue weighted by Gasteiger charge is -2.17. The van der Waals surface area contributed by atoms with Gasteiger partial charge in [-0.05, 0) is 12.8 Å². The zero-order valence-electron chi connectivity index (χ0n) is 8.38. The number of hydrogen-bond acceptors (Lipinski definition) is 2. The van der Waals surface area contributed by atoms with E-state index in [9.17, 15) is 10.1 Å². The van der Waals surface area contributed by atoms with E-state index in [1.165, 1.54) is 0 Å². The zero-order valence-corrected chi connectivity index (χ0v) is 9.97. The molecule has 78 valence electrons. The van der Waals surface area contributed by atoms with Crippen molar-refractivity contribution in [1.82, 2.24) is 0 Å². The van der Waals surface area contributed by atoms with Gasteiger partial charge in [0.2, 0.25) is 0 Å². The molecule has 0 rings (SSSR count). The summed E-state index contributed by atoms with van der Waals surface area (Å²) in [4.78, 5) is 10.6. The van der Waals surface area contributed by atoms with Gasteiger partial charge in [0.25, 0.3) is 4.45 Å². The van der Waals surface area contributed by atoms with Gasteiger partial charge in [-0.15, -0.1) is 0 Å². The fourth-order valence-corrected chi connectivity index (χ4v) is 2.01. The minimum atomic E-state index is -0.864. The summed E-state index contributed by atoms with van der Waals surface area (Å²) in [6, 6.07) is 0. The van der Waals surface area contributed by atoms with E-state index in [2.05, 4.69) is 22.9 Å². The molecule has 0 aliphatic rings. The van der Waals surface area contributed by atoms with Gasteiger partial charge in [-0.1, -0.05) is 26.7 Å². The molecule has 0 bridgehead atoms. The standard InChI is InChI=1S/C9H18BrNO2/c1-3-5-6-8-9(10,7-4-2)11(12)13/h3-8H2,1-2H3. The maximum absolute atomic E-state index is 10.8. The van der Waals surface area contributed by atoms with Gasteiger partial charge in [-0.2, -0.15) is 0 Å². The quantitative estimate of drug-likeness (QED) is 0.228. The summed E-state index contributed by atoms with van der Waals surface area (Å²) in [5.74, 6) is 0. The Bertz CT molecular complexity index is 164. The predicted molar refractivity (Wildman–Crippen MR) is 57.7 cm³/mol. The molecule has 0 aliphatic heterocycles. The molecule has 0 amide bonds. The molecular formula is C9H18BrNO2. The molecular weight excluding hydrogens is 234 g/mol. The monoisotopic (exact) mass is 251 g/mol. The van der Waals surface area contributed by atoms with Crippen LogP contribution in [-0.4, -0.2) is 9.37 Å². The number of alkyl halides is 1. The minimum absolute atomic E-state index is 0.188. The van der Waals surface area contributed by atoms with Crippen LogP contribution in [0.3, 0.4) is 0 Å². The lowest BCUT2D eigenvalue weighted by Crippen LogP contribution is -2.30. The molecule has 0 aliphatic carbocycles. The third-order valence-corrected chi connectivity index (χ3v) is 3.21. The molecule has 0 aromatic rings. The first-order chi connectivity index (χ1) is 6.06. The van der Waals surface area contributed by atoms with Gasteiger partial charge in [-0.25, -0.2) is 0 Å². The van der Waals surface area contributed by atoms with Crippen LogP contribution >= 0.6 is 15.9 Å². The van der Waals surface area contributed by atoms with Crippen LogP contribution in [0, 0.1) is 10.1 Å². The number of rotatable bonds is 7. The Hall–Kier alpha value is -0.120. The van der Waals surface area contributed by atoms with Crippen molar-refractivity contribution in [3.05, 3.63) is 10.1 Å². The minimum Gasteiger partial charge on any atom is -0.263 e. The Kier molecular flexibility index (Phi) is 6.29. The summed E-state index contributed by atoms with van der Waals surface area (Å²) in [6.07, 6.45) is 5.21. The van der Waals surface area contributed by atoms with E-state index in [0.29, 0.717) is 12.8 Å². The highest BCUT2D eigenvalue weighted by atomic mass is 79.9. The van der Waals surface area contributed by atoms with Crippen molar-refractivity contribution in [3.63, 3.8) is 0 Å². The molecule has 0 radical (unpaired) electrons. The maximum Gasteiger partial charge on any atom is 0.274 e. The summed E-state index contributed by atoms with van der Waals surface area (Å²) >= 11 is 3.24. The van der Waals surface area contributed by atoms with Crippen molar-refractivity contribution in [2.75, 3.05) is 0 Å². The molecule has 0 aromatic heterocycles. The normalized spacial score (nSPS) is 15.3. The zero-order chi connectivity index (χ0) is 10.3. The molecule has 13 heavy (non-hydrogen) atoms. The van der Waals surface area contributed by atoms with Gasteiger partial charge in [0.15, 0.2) is 0 Å². The Morgan fingerprint density at radius 1 is 1.23 bits per heavy atom. The SMILES string of the molecule is CCCCCC(Br)(CCC)[N+](=O)[O-]. The first kappa shape index (κ1) is 12.9. The summed E-state index contributed by atoms with van der Waals surface area (Å²) < 4.78 is -0.864. The Morgan fingerprint density at radius 3 is 2.23 bits per heavy atom. The smallest absolute Gasteiger partial charge is 0.263 e. The van der Waals surface area contributed by atoms with Crippen molar-refractivity contribution < 1.29 is 4.92 Å². The van der Waals surface area contributed by atoms with Crippen molar-refractivity contribution >= 4 is 15.9 Å². The Labute approximate surface area is 88.2 Å². The van der Waals surface area contributed by atoms with Gasteiger partial charge < -0.3 is 0 Å². The number of nitrogens with zero attached hydrogens (tertiary/aromatic N) is 1. The predicted octanol–water partition coefficient (Wildman–Crippen LogP) is 3.73.